The zero-order valence-corrected chi connectivity index (χ0v) is 8.08. The Kier molecular flexibility index (Phi) is 3.35. The smallest absolute Gasteiger partial charge is 0.160 e. The van der Waals surface area contributed by atoms with E-state index in [0.29, 0.717) is 12.0 Å². The summed E-state index contributed by atoms with van der Waals surface area (Å²) in [4.78, 5) is 11.1. The number of carbonyl (C=O) groups excluding carboxylic acids is 1. The Bertz CT molecular complexity index is 358. The molecule has 0 aromatic carbocycles. The summed E-state index contributed by atoms with van der Waals surface area (Å²) in [5.74, 6) is -0.198. The molecule has 0 heterocycles. The van der Waals surface area contributed by atoms with E-state index in [1.165, 1.54) is 12.3 Å². The van der Waals surface area contributed by atoms with E-state index in [0.717, 1.165) is 5.57 Å². The van der Waals surface area contributed by atoms with Crippen LogP contribution in [0.1, 0.15) is 19.8 Å². The molecular formula is C11H12N2O. The molecule has 1 aliphatic carbocycles. The summed E-state index contributed by atoms with van der Waals surface area (Å²) in [6, 6.07) is 2.18. The second-order valence-corrected chi connectivity index (χ2v) is 3.19. The van der Waals surface area contributed by atoms with Crippen molar-refractivity contribution in [2.75, 3.05) is 0 Å². The highest BCUT2D eigenvalue weighted by molar-refractivity contribution is 5.99. The third kappa shape index (κ3) is 1.97. The topological polar surface area (TPSA) is 64.7 Å². The second kappa shape index (κ2) is 4.52. The van der Waals surface area contributed by atoms with Gasteiger partial charge in [0, 0.05) is 12.6 Å². The minimum atomic E-state index is -0.198. The molecule has 0 saturated carbocycles. The molecule has 1 rings (SSSR count). The number of allylic oxidation sites excluding steroid dienone is 4. The summed E-state index contributed by atoms with van der Waals surface area (Å²) in [6.07, 6.45) is 5.30. The van der Waals surface area contributed by atoms with Crippen LogP contribution >= 0.6 is 0 Å². The van der Waals surface area contributed by atoms with Gasteiger partial charge in [-0.2, -0.15) is 5.26 Å². The molecule has 1 unspecified atom stereocenters. The predicted molar refractivity (Wildman–Crippen MR) is 54.0 cm³/mol. The van der Waals surface area contributed by atoms with Gasteiger partial charge >= 0.3 is 0 Å². The lowest BCUT2D eigenvalue weighted by atomic mass is 9.87. The normalized spacial score (nSPS) is 17.9. The Labute approximate surface area is 83.2 Å². The maximum atomic E-state index is 11.1. The van der Waals surface area contributed by atoms with E-state index in [4.69, 9.17) is 10.7 Å². The molecule has 0 aliphatic heterocycles. The summed E-state index contributed by atoms with van der Waals surface area (Å²) in [5.41, 5.74) is 1.50. The van der Waals surface area contributed by atoms with Crippen LogP contribution in [0, 0.1) is 22.7 Å². The highest BCUT2D eigenvalue weighted by Gasteiger charge is 2.18. The molecule has 1 aliphatic rings. The lowest BCUT2D eigenvalue weighted by Crippen LogP contribution is -2.10. The lowest BCUT2D eigenvalue weighted by Gasteiger charge is -2.14. The first-order chi connectivity index (χ1) is 6.72. The first-order valence-electron chi connectivity index (χ1n) is 4.57. The molecule has 3 heteroatoms. The van der Waals surface area contributed by atoms with Crippen LogP contribution in [0.2, 0.25) is 0 Å². The van der Waals surface area contributed by atoms with Crippen molar-refractivity contribution in [3.63, 3.8) is 0 Å². The van der Waals surface area contributed by atoms with Crippen molar-refractivity contribution in [2.45, 2.75) is 19.8 Å². The van der Waals surface area contributed by atoms with Crippen molar-refractivity contribution in [3.8, 4) is 6.07 Å². The van der Waals surface area contributed by atoms with Crippen LogP contribution in [-0.4, -0.2) is 12.0 Å². The zero-order valence-electron chi connectivity index (χ0n) is 8.08. The fraction of sp³-hybridized carbons (Fsp3) is 0.364. The largest absolute Gasteiger partial charge is 0.308 e. The van der Waals surface area contributed by atoms with E-state index in [-0.39, 0.29) is 18.1 Å². The fourth-order valence-corrected chi connectivity index (χ4v) is 1.49. The minimum absolute atomic E-state index is 0.0000397. The van der Waals surface area contributed by atoms with E-state index >= 15 is 0 Å². The predicted octanol–water partition coefficient (Wildman–Crippen LogP) is 2.01. The number of hydrogen-bond donors (Lipinski definition) is 1. The summed E-state index contributed by atoms with van der Waals surface area (Å²) < 4.78 is 0. The maximum absolute atomic E-state index is 11.1. The van der Waals surface area contributed by atoms with Gasteiger partial charge in [0.2, 0.25) is 0 Å². The van der Waals surface area contributed by atoms with Gasteiger partial charge in [0.25, 0.3) is 0 Å². The van der Waals surface area contributed by atoms with Crippen molar-refractivity contribution < 1.29 is 4.79 Å². The number of nitrogens with zero attached hydrogens (tertiary/aromatic N) is 1. The van der Waals surface area contributed by atoms with Crippen LogP contribution < -0.4 is 0 Å². The summed E-state index contributed by atoms with van der Waals surface area (Å²) in [5, 5.41) is 16.1. The first-order valence-corrected chi connectivity index (χ1v) is 4.57. The molecule has 14 heavy (non-hydrogen) atoms. The van der Waals surface area contributed by atoms with Crippen molar-refractivity contribution in [3.05, 3.63) is 23.3 Å². The van der Waals surface area contributed by atoms with E-state index < -0.39 is 0 Å². The van der Waals surface area contributed by atoms with E-state index in [2.05, 4.69) is 6.07 Å². The SMILES string of the molecule is CCC(C#N)C1=C(C=N)CC(=O)C=C1. The average molecular weight is 188 g/mol. The summed E-state index contributed by atoms with van der Waals surface area (Å²) in [6.45, 7) is 1.92. The molecule has 0 bridgehead atoms. The van der Waals surface area contributed by atoms with Crippen molar-refractivity contribution >= 4 is 12.0 Å². The fourth-order valence-electron chi connectivity index (χ4n) is 1.49. The van der Waals surface area contributed by atoms with Gasteiger partial charge in [-0.1, -0.05) is 13.0 Å². The number of rotatable bonds is 3. The van der Waals surface area contributed by atoms with Crippen LogP contribution in [0.3, 0.4) is 0 Å². The zero-order chi connectivity index (χ0) is 10.6. The van der Waals surface area contributed by atoms with E-state index in [1.54, 1.807) is 6.08 Å². The Morgan fingerprint density at radius 2 is 2.43 bits per heavy atom. The van der Waals surface area contributed by atoms with Crippen LogP contribution in [0.25, 0.3) is 0 Å². The Morgan fingerprint density at radius 3 is 2.93 bits per heavy atom. The Hall–Kier alpha value is -1.69. The molecule has 0 aromatic rings. The molecule has 0 radical (unpaired) electrons. The minimum Gasteiger partial charge on any atom is -0.308 e. The number of nitriles is 1. The first kappa shape index (κ1) is 10.4. The molecular weight excluding hydrogens is 176 g/mol. The number of hydrogen-bond acceptors (Lipinski definition) is 3. The van der Waals surface area contributed by atoms with Crippen LogP contribution in [-0.2, 0) is 4.79 Å². The molecule has 72 valence electrons. The molecule has 1 atom stereocenters. The van der Waals surface area contributed by atoms with Gasteiger partial charge in [-0.15, -0.1) is 0 Å². The number of nitrogens with one attached hydrogen (secondary N) is 1. The quantitative estimate of drug-likeness (QED) is 0.688. The molecule has 1 N–H and O–H groups in total. The summed E-state index contributed by atoms with van der Waals surface area (Å²) in [7, 11) is 0. The maximum Gasteiger partial charge on any atom is 0.160 e. The van der Waals surface area contributed by atoms with Crippen molar-refractivity contribution in [1.29, 1.82) is 10.7 Å². The highest BCUT2D eigenvalue weighted by atomic mass is 16.1. The third-order valence-corrected chi connectivity index (χ3v) is 2.30. The molecule has 0 saturated heterocycles. The van der Waals surface area contributed by atoms with Crippen LogP contribution in [0.4, 0.5) is 0 Å². The van der Waals surface area contributed by atoms with Crippen LogP contribution in [0.5, 0.6) is 0 Å². The lowest BCUT2D eigenvalue weighted by molar-refractivity contribution is -0.114. The monoisotopic (exact) mass is 188 g/mol. The van der Waals surface area contributed by atoms with Gasteiger partial charge < -0.3 is 5.41 Å². The Morgan fingerprint density at radius 1 is 1.71 bits per heavy atom. The third-order valence-electron chi connectivity index (χ3n) is 2.30. The molecule has 3 nitrogen and oxygen atoms in total. The standard InChI is InChI=1S/C11H12N2O/c1-2-8(6-12)11-4-3-10(14)5-9(11)7-13/h3-4,7-8,13H,2,5H2,1H3. The van der Waals surface area contributed by atoms with Crippen LogP contribution in [0.15, 0.2) is 23.3 Å². The second-order valence-electron chi connectivity index (χ2n) is 3.19. The van der Waals surface area contributed by atoms with Gasteiger partial charge in [-0.25, -0.2) is 0 Å². The van der Waals surface area contributed by atoms with Gasteiger partial charge in [0.1, 0.15) is 0 Å². The molecule has 0 amide bonds. The van der Waals surface area contributed by atoms with Gasteiger partial charge in [-0.05, 0) is 23.6 Å². The molecule has 0 aromatic heterocycles. The van der Waals surface area contributed by atoms with Crippen molar-refractivity contribution in [2.24, 2.45) is 5.92 Å². The Balaban J connectivity index is 3.06. The number of carbonyl (C=O) groups is 1. The number of ketones is 1. The van der Waals surface area contributed by atoms with Gasteiger partial charge in [0.05, 0.1) is 12.0 Å². The average Bonchev–Trinajstić information content (AvgIpc) is 2.21. The van der Waals surface area contributed by atoms with Crippen molar-refractivity contribution in [1.82, 2.24) is 0 Å². The van der Waals surface area contributed by atoms with Gasteiger partial charge in [0.15, 0.2) is 5.78 Å². The highest BCUT2D eigenvalue weighted by Crippen LogP contribution is 2.24. The summed E-state index contributed by atoms with van der Waals surface area (Å²) >= 11 is 0. The molecule has 0 spiro atoms. The van der Waals surface area contributed by atoms with E-state index in [1.807, 2.05) is 6.92 Å². The molecule has 0 fully saturated rings. The van der Waals surface area contributed by atoms with E-state index in [9.17, 15) is 4.79 Å². The van der Waals surface area contributed by atoms with Gasteiger partial charge in [-0.3, -0.25) is 4.79 Å².